The SMILES string of the molecule is CCOC(=O)CCC(=O)OC1CCN(C2CCN(C)CC2)CC1. The number of esters is 2. The van der Waals surface area contributed by atoms with Gasteiger partial charge in [0.25, 0.3) is 0 Å². The van der Waals surface area contributed by atoms with E-state index >= 15 is 0 Å². The second-order valence-electron chi connectivity index (χ2n) is 6.56. The van der Waals surface area contributed by atoms with Crippen molar-refractivity contribution in [3.8, 4) is 0 Å². The minimum atomic E-state index is -0.332. The van der Waals surface area contributed by atoms with Crippen LogP contribution in [0.25, 0.3) is 0 Å². The molecule has 0 N–H and O–H groups in total. The highest BCUT2D eigenvalue weighted by Gasteiger charge is 2.28. The maximum absolute atomic E-state index is 11.8. The molecule has 0 saturated carbocycles. The molecule has 0 radical (unpaired) electrons. The molecule has 2 aliphatic heterocycles. The zero-order valence-corrected chi connectivity index (χ0v) is 14.5. The Bertz CT molecular complexity index is 386. The molecule has 2 heterocycles. The molecule has 2 aliphatic rings. The average Bonchev–Trinajstić information content (AvgIpc) is 2.55. The van der Waals surface area contributed by atoms with Gasteiger partial charge in [-0.05, 0) is 52.7 Å². The monoisotopic (exact) mass is 326 g/mol. The fourth-order valence-electron chi connectivity index (χ4n) is 3.40. The van der Waals surface area contributed by atoms with Crippen molar-refractivity contribution in [2.24, 2.45) is 0 Å². The van der Waals surface area contributed by atoms with Crippen LogP contribution in [0.15, 0.2) is 0 Å². The number of nitrogens with zero attached hydrogens (tertiary/aromatic N) is 2. The summed E-state index contributed by atoms with van der Waals surface area (Å²) in [4.78, 5) is 28.0. The highest BCUT2D eigenvalue weighted by atomic mass is 16.5. The van der Waals surface area contributed by atoms with E-state index in [-0.39, 0.29) is 30.9 Å². The van der Waals surface area contributed by atoms with Crippen LogP contribution in [0, 0.1) is 0 Å². The van der Waals surface area contributed by atoms with Gasteiger partial charge in [-0.3, -0.25) is 9.59 Å². The first-order valence-corrected chi connectivity index (χ1v) is 8.86. The molecule has 0 unspecified atom stereocenters. The minimum Gasteiger partial charge on any atom is -0.466 e. The first kappa shape index (κ1) is 18.2. The normalized spacial score (nSPS) is 22.0. The Labute approximate surface area is 139 Å². The van der Waals surface area contributed by atoms with Crippen LogP contribution in [0.5, 0.6) is 0 Å². The lowest BCUT2D eigenvalue weighted by atomic mass is 9.99. The second kappa shape index (κ2) is 9.23. The molecule has 6 nitrogen and oxygen atoms in total. The van der Waals surface area contributed by atoms with Gasteiger partial charge >= 0.3 is 11.9 Å². The molecule has 0 aromatic rings. The zero-order chi connectivity index (χ0) is 16.7. The smallest absolute Gasteiger partial charge is 0.306 e. The highest BCUT2D eigenvalue weighted by molar-refractivity contribution is 5.77. The molecule has 2 saturated heterocycles. The van der Waals surface area contributed by atoms with E-state index in [2.05, 4.69) is 16.8 Å². The van der Waals surface area contributed by atoms with Crippen LogP contribution in [-0.2, 0) is 19.1 Å². The third kappa shape index (κ3) is 6.11. The molecule has 0 amide bonds. The van der Waals surface area contributed by atoms with Gasteiger partial charge in [-0.2, -0.15) is 0 Å². The van der Waals surface area contributed by atoms with Gasteiger partial charge in [-0.15, -0.1) is 0 Å². The Morgan fingerprint density at radius 1 is 0.957 bits per heavy atom. The quantitative estimate of drug-likeness (QED) is 0.688. The topological polar surface area (TPSA) is 59.1 Å². The molecule has 0 aliphatic carbocycles. The Kier molecular flexibility index (Phi) is 7.30. The van der Waals surface area contributed by atoms with E-state index < -0.39 is 0 Å². The average molecular weight is 326 g/mol. The molecule has 2 fully saturated rings. The van der Waals surface area contributed by atoms with Gasteiger partial charge in [0, 0.05) is 19.1 Å². The molecule has 0 aromatic heterocycles. The van der Waals surface area contributed by atoms with Crippen molar-refractivity contribution in [1.82, 2.24) is 9.80 Å². The van der Waals surface area contributed by atoms with Crippen LogP contribution in [0.1, 0.15) is 45.4 Å². The third-order valence-corrected chi connectivity index (χ3v) is 4.82. The lowest BCUT2D eigenvalue weighted by Crippen LogP contribution is -2.48. The van der Waals surface area contributed by atoms with E-state index in [1.807, 2.05) is 0 Å². The molecular formula is C17H30N2O4. The fraction of sp³-hybridized carbons (Fsp3) is 0.882. The maximum atomic E-state index is 11.8. The van der Waals surface area contributed by atoms with Gasteiger partial charge in [0.2, 0.25) is 0 Å². The van der Waals surface area contributed by atoms with Crippen molar-refractivity contribution in [3.63, 3.8) is 0 Å². The van der Waals surface area contributed by atoms with E-state index in [0.29, 0.717) is 12.6 Å². The van der Waals surface area contributed by atoms with Crippen molar-refractivity contribution in [1.29, 1.82) is 0 Å². The van der Waals surface area contributed by atoms with Crippen molar-refractivity contribution < 1.29 is 19.1 Å². The Morgan fingerprint density at radius 2 is 1.57 bits per heavy atom. The summed E-state index contributed by atoms with van der Waals surface area (Å²) in [6.07, 6.45) is 4.51. The minimum absolute atomic E-state index is 0.00668. The van der Waals surface area contributed by atoms with E-state index in [1.54, 1.807) is 6.92 Å². The zero-order valence-electron chi connectivity index (χ0n) is 14.5. The molecular weight excluding hydrogens is 296 g/mol. The van der Waals surface area contributed by atoms with Crippen LogP contribution in [0.4, 0.5) is 0 Å². The predicted molar refractivity (Wildman–Crippen MR) is 87.1 cm³/mol. The molecule has 132 valence electrons. The summed E-state index contributed by atoms with van der Waals surface area (Å²) < 4.78 is 10.3. The van der Waals surface area contributed by atoms with E-state index in [0.717, 1.165) is 25.9 Å². The molecule has 2 rings (SSSR count). The molecule has 0 spiro atoms. The van der Waals surface area contributed by atoms with Gasteiger partial charge in [0.15, 0.2) is 0 Å². The van der Waals surface area contributed by atoms with E-state index in [4.69, 9.17) is 9.47 Å². The summed E-state index contributed by atoms with van der Waals surface area (Å²) in [5, 5.41) is 0. The Morgan fingerprint density at radius 3 is 2.17 bits per heavy atom. The van der Waals surface area contributed by atoms with E-state index in [9.17, 15) is 9.59 Å². The van der Waals surface area contributed by atoms with Crippen LogP contribution in [-0.4, -0.2) is 73.7 Å². The Hall–Kier alpha value is -1.14. The van der Waals surface area contributed by atoms with Crippen molar-refractivity contribution >= 4 is 11.9 Å². The standard InChI is InChI=1S/C17H30N2O4/c1-3-22-16(20)4-5-17(21)23-15-8-12-19(13-9-15)14-6-10-18(2)11-7-14/h14-15H,3-13H2,1-2H3. The fourth-order valence-corrected chi connectivity index (χ4v) is 3.40. The van der Waals surface area contributed by atoms with Crippen LogP contribution >= 0.6 is 0 Å². The third-order valence-electron chi connectivity index (χ3n) is 4.82. The maximum Gasteiger partial charge on any atom is 0.306 e. The molecule has 0 bridgehead atoms. The van der Waals surface area contributed by atoms with Crippen molar-refractivity contribution in [2.75, 3.05) is 39.8 Å². The first-order chi connectivity index (χ1) is 11.1. The largest absolute Gasteiger partial charge is 0.466 e. The van der Waals surface area contributed by atoms with Crippen LogP contribution in [0.3, 0.4) is 0 Å². The summed E-state index contributed by atoms with van der Waals surface area (Å²) >= 11 is 0. The second-order valence-corrected chi connectivity index (χ2v) is 6.56. The summed E-state index contributed by atoms with van der Waals surface area (Å²) in [5.41, 5.74) is 0. The lowest BCUT2D eigenvalue weighted by Gasteiger charge is -2.40. The molecule has 23 heavy (non-hydrogen) atoms. The van der Waals surface area contributed by atoms with Gasteiger partial charge in [-0.25, -0.2) is 0 Å². The van der Waals surface area contributed by atoms with Gasteiger partial charge in [0.05, 0.1) is 19.4 Å². The number of rotatable bonds is 6. The van der Waals surface area contributed by atoms with Gasteiger partial charge in [-0.1, -0.05) is 0 Å². The van der Waals surface area contributed by atoms with Gasteiger partial charge < -0.3 is 19.3 Å². The van der Waals surface area contributed by atoms with E-state index in [1.165, 1.54) is 25.9 Å². The molecule has 6 heteroatoms. The lowest BCUT2D eigenvalue weighted by molar-refractivity contribution is -0.155. The van der Waals surface area contributed by atoms with Crippen molar-refractivity contribution in [3.05, 3.63) is 0 Å². The number of ether oxygens (including phenoxy) is 2. The summed E-state index contributed by atoms with van der Waals surface area (Å²) in [5.74, 6) is -0.614. The van der Waals surface area contributed by atoms with Crippen LogP contribution < -0.4 is 0 Å². The molecule has 0 aromatic carbocycles. The number of carbonyl (C=O) groups is 2. The molecule has 0 atom stereocenters. The summed E-state index contributed by atoms with van der Waals surface area (Å²) in [6, 6.07) is 0.687. The predicted octanol–water partition coefficient (Wildman–Crippen LogP) is 1.43. The number of likely N-dealkylation sites (tertiary alicyclic amines) is 2. The number of hydrogen-bond acceptors (Lipinski definition) is 6. The van der Waals surface area contributed by atoms with Crippen molar-refractivity contribution in [2.45, 2.75) is 57.6 Å². The van der Waals surface area contributed by atoms with Gasteiger partial charge in [0.1, 0.15) is 6.10 Å². The number of hydrogen-bond donors (Lipinski definition) is 0. The summed E-state index contributed by atoms with van der Waals surface area (Å²) in [6.45, 7) is 6.47. The summed E-state index contributed by atoms with van der Waals surface area (Å²) in [7, 11) is 2.18. The Balaban J connectivity index is 1.62. The van der Waals surface area contributed by atoms with Crippen LogP contribution in [0.2, 0.25) is 0 Å². The number of piperidine rings is 2. The number of carbonyl (C=O) groups excluding carboxylic acids is 2. The first-order valence-electron chi connectivity index (χ1n) is 8.86. The highest BCUT2D eigenvalue weighted by Crippen LogP contribution is 2.22.